The van der Waals surface area contributed by atoms with Crippen molar-refractivity contribution < 1.29 is 0 Å². The molecule has 0 atom stereocenters. The summed E-state index contributed by atoms with van der Waals surface area (Å²) in [4.78, 5) is 8.78. The maximum atomic E-state index is 9.32. The first-order valence-electron chi connectivity index (χ1n) is 6.92. The van der Waals surface area contributed by atoms with E-state index in [0.29, 0.717) is 10.7 Å². The molecule has 21 heavy (non-hydrogen) atoms. The summed E-state index contributed by atoms with van der Waals surface area (Å²) in [6, 6.07) is 8.02. The van der Waals surface area contributed by atoms with Crippen LogP contribution >= 0.6 is 23.4 Å². The molecule has 3 nitrogen and oxygen atoms in total. The average Bonchev–Trinajstić information content (AvgIpc) is 2.53. The zero-order valence-electron chi connectivity index (χ0n) is 11.5. The molecule has 0 N–H and O–H groups in total. The number of pyridine rings is 2. The first-order chi connectivity index (χ1) is 10.3. The highest BCUT2D eigenvalue weighted by Gasteiger charge is 2.15. The number of fused-ring (bicyclic) bond motifs is 1. The smallest absolute Gasteiger partial charge is 0.129 e. The van der Waals surface area contributed by atoms with Crippen LogP contribution in [-0.4, -0.2) is 9.97 Å². The second-order valence-electron chi connectivity index (χ2n) is 5.04. The summed E-state index contributed by atoms with van der Waals surface area (Å²) in [5.74, 6) is 0.741. The van der Waals surface area contributed by atoms with Gasteiger partial charge in [-0.05, 0) is 48.9 Å². The van der Waals surface area contributed by atoms with E-state index in [1.807, 2.05) is 12.1 Å². The van der Waals surface area contributed by atoms with E-state index in [1.54, 1.807) is 24.0 Å². The van der Waals surface area contributed by atoms with Crippen LogP contribution in [0, 0.1) is 11.3 Å². The van der Waals surface area contributed by atoms with Crippen LogP contribution < -0.4 is 0 Å². The average molecular weight is 316 g/mol. The van der Waals surface area contributed by atoms with E-state index in [0.717, 1.165) is 34.9 Å². The Bertz CT molecular complexity index is 692. The SMILES string of the molecule is N#Cc1cc2c(nc1SCc1ccc(Cl)nc1)CCCC2. The predicted octanol–water partition coefficient (Wildman–Crippen LogP) is 4.17. The van der Waals surface area contributed by atoms with Gasteiger partial charge in [0.25, 0.3) is 0 Å². The number of aromatic nitrogens is 2. The Labute approximate surface area is 133 Å². The van der Waals surface area contributed by atoms with Crippen LogP contribution in [-0.2, 0) is 18.6 Å². The highest BCUT2D eigenvalue weighted by molar-refractivity contribution is 7.98. The molecule has 1 aliphatic carbocycles. The summed E-state index contributed by atoms with van der Waals surface area (Å²) in [5.41, 5.74) is 4.17. The number of nitriles is 1. The van der Waals surface area contributed by atoms with Crippen LogP contribution in [0.2, 0.25) is 5.15 Å². The molecule has 0 amide bonds. The van der Waals surface area contributed by atoms with Gasteiger partial charge in [0, 0.05) is 17.6 Å². The van der Waals surface area contributed by atoms with E-state index in [-0.39, 0.29) is 0 Å². The molecule has 1 aliphatic rings. The van der Waals surface area contributed by atoms with Gasteiger partial charge < -0.3 is 0 Å². The van der Waals surface area contributed by atoms with Crippen LogP contribution in [0.1, 0.15) is 35.2 Å². The monoisotopic (exact) mass is 315 g/mol. The Morgan fingerprint density at radius 1 is 1.29 bits per heavy atom. The maximum Gasteiger partial charge on any atom is 0.129 e. The van der Waals surface area contributed by atoms with Crippen LogP contribution in [0.3, 0.4) is 0 Å². The number of nitrogens with zero attached hydrogens (tertiary/aromatic N) is 3. The number of thioether (sulfide) groups is 1. The number of hydrogen-bond acceptors (Lipinski definition) is 4. The van der Waals surface area contributed by atoms with Crippen molar-refractivity contribution in [3.63, 3.8) is 0 Å². The Morgan fingerprint density at radius 2 is 2.14 bits per heavy atom. The topological polar surface area (TPSA) is 49.6 Å². The normalized spacial score (nSPS) is 13.5. The summed E-state index contributed by atoms with van der Waals surface area (Å²) < 4.78 is 0. The third-order valence-electron chi connectivity index (χ3n) is 3.55. The van der Waals surface area contributed by atoms with Gasteiger partial charge >= 0.3 is 0 Å². The minimum absolute atomic E-state index is 0.494. The molecule has 0 unspecified atom stereocenters. The van der Waals surface area contributed by atoms with Gasteiger partial charge in [0.2, 0.25) is 0 Å². The van der Waals surface area contributed by atoms with Crippen molar-refractivity contribution >= 4 is 23.4 Å². The highest BCUT2D eigenvalue weighted by Crippen LogP contribution is 2.29. The van der Waals surface area contributed by atoms with Gasteiger partial charge in [0.1, 0.15) is 16.2 Å². The molecule has 0 aromatic carbocycles. The standard InChI is InChI=1S/C16H14ClN3S/c17-15-6-5-11(9-19-15)10-21-16-13(8-18)7-12-3-1-2-4-14(12)20-16/h5-7,9H,1-4,10H2. The van der Waals surface area contributed by atoms with Gasteiger partial charge in [-0.1, -0.05) is 17.7 Å². The zero-order valence-corrected chi connectivity index (χ0v) is 13.0. The lowest BCUT2D eigenvalue weighted by Crippen LogP contribution is -2.07. The van der Waals surface area contributed by atoms with Gasteiger partial charge in [-0.2, -0.15) is 5.26 Å². The first-order valence-corrected chi connectivity index (χ1v) is 8.29. The molecule has 106 valence electrons. The van der Waals surface area contributed by atoms with Crippen molar-refractivity contribution in [3.05, 3.63) is 51.9 Å². The number of rotatable bonds is 3. The van der Waals surface area contributed by atoms with E-state index in [2.05, 4.69) is 11.1 Å². The molecule has 0 spiro atoms. The van der Waals surface area contributed by atoms with E-state index >= 15 is 0 Å². The lowest BCUT2D eigenvalue weighted by Gasteiger charge is -2.16. The van der Waals surface area contributed by atoms with Gasteiger partial charge in [-0.15, -0.1) is 11.8 Å². The van der Waals surface area contributed by atoms with Crippen molar-refractivity contribution in [3.8, 4) is 6.07 Å². The second kappa shape index (κ2) is 6.46. The minimum atomic E-state index is 0.494. The molecule has 0 saturated carbocycles. The highest BCUT2D eigenvalue weighted by atomic mass is 35.5. The van der Waals surface area contributed by atoms with Crippen LogP contribution in [0.5, 0.6) is 0 Å². The predicted molar refractivity (Wildman–Crippen MR) is 84.4 cm³/mol. The van der Waals surface area contributed by atoms with Gasteiger partial charge in [-0.3, -0.25) is 0 Å². The van der Waals surface area contributed by atoms with Crippen molar-refractivity contribution in [2.45, 2.75) is 36.5 Å². The van der Waals surface area contributed by atoms with Crippen molar-refractivity contribution in [1.29, 1.82) is 5.26 Å². The molecule has 2 aromatic heterocycles. The molecule has 2 heterocycles. The number of hydrogen-bond donors (Lipinski definition) is 0. The zero-order chi connectivity index (χ0) is 14.7. The molecule has 0 bridgehead atoms. The largest absolute Gasteiger partial charge is 0.245 e. The van der Waals surface area contributed by atoms with Gasteiger partial charge in [0.15, 0.2) is 0 Å². The molecular formula is C16H14ClN3S. The summed E-state index contributed by atoms with van der Waals surface area (Å²) in [6.07, 6.45) is 6.22. The van der Waals surface area contributed by atoms with Gasteiger partial charge in [-0.25, -0.2) is 9.97 Å². The molecule has 0 aliphatic heterocycles. The molecule has 0 radical (unpaired) electrons. The summed E-state index contributed by atoms with van der Waals surface area (Å²) in [7, 11) is 0. The fraction of sp³-hybridized carbons (Fsp3) is 0.312. The van der Waals surface area contributed by atoms with Crippen LogP contribution in [0.4, 0.5) is 0 Å². The van der Waals surface area contributed by atoms with E-state index < -0.39 is 0 Å². The van der Waals surface area contributed by atoms with E-state index in [4.69, 9.17) is 16.6 Å². The molecule has 5 heteroatoms. The first kappa shape index (κ1) is 14.4. The fourth-order valence-corrected chi connectivity index (χ4v) is 3.47. The maximum absolute atomic E-state index is 9.32. The molecule has 2 aromatic rings. The lowest BCUT2D eigenvalue weighted by atomic mass is 9.95. The summed E-state index contributed by atoms with van der Waals surface area (Å²) in [6.45, 7) is 0. The Morgan fingerprint density at radius 3 is 2.90 bits per heavy atom. The summed E-state index contributed by atoms with van der Waals surface area (Å²) in [5, 5.41) is 10.6. The molecule has 3 rings (SSSR count). The van der Waals surface area contributed by atoms with Crippen molar-refractivity contribution in [2.75, 3.05) is 0 Å². The fourth-order valence-electron chi connectivity index (χ4n) is 2.45. The number of aryl methyl sites for hydroxylation is 2. The van der Waals surface area contributed by atoms with Crippen molar-refractivity contribution in [1.82, 2.24) is 9.97 Å². The third kappa shape index (κ3) is 3.37. The van der Waals surface area contributed by atoms with E-state index in [1.165, 1.54) is 18.4 Å². The van der Waals surface area contributed by atoms with Gasteiger partial charge in [0.05, 0.1) is 5.56 Å². The third-order valence-corrected chi connectivity index (χ3v) is 4.84. The summed E-state index contributed by atoms with van der Waals surface area (Å²) >= 11 is 7.37. The van der Waals surface area contributed by atoms with E-state index in [9.17, 15) is 5.26 Å². The Balaban J connectivity index is 1.81. The number of halogens is 1. The molecular weight excluding hydrogens is 302 g/mol. The minimum Gasteiger partial charge on any atom is -0.245 e. The lowest BCUT2D eigenvalue weighted by molar-refractivity contribution is 0.660. The second-order valence-corrected chi connectivity index (χ2v) is 6.39. The molecule has 0 saturated heterocycles. The Hall–Kier alpha value is -1.57. The Kier molecular flexibility index (Phi) is 4.42. The molecule has 0 fully saturated rings. The van der Waals surface area contributed by atoms with Crippen molar-refractivity contribution in [2.24, 2.45) is 0 Å². The van der Waals surface area contributed by atoms with Crippen LogP contribution in [0.25, 0.3) is 0 Å². The van der Waals surface area contributed by atoms with Crippen LogP contribution in [0.15, 0.2) is 29.4 Å². The quantitative estimate of drug-likeness (QED) is 0.630.